The van der Waals surface area contributed by atoms with Crippen LogP contribution in [0.5, 0.6) is 0 Å². The maximum atomic E-state index is 2.70. The van der Waals surface area contributed by atoms with Crippen LogP contribution in [-0.2, 0) is 65.0 Å². The van der Waals surface area contributed by atoms with Gasteiger partial charge in [-0.05, 0) is 392 Å². The van der Waals surface area contributed by atoms with E-state index >= 15 is 0 Å². The van der Waals surface area contributed by atoms with E-state index in [1.165, 1.54) is 327 Å². The lowest BCUT2D eigenvalue weighted by molar-refractivity contribution is 0.568. The molecule has 0 heteroatoms. The Kier molecular flexibility index (Phi) is 18.6. The van der Waals surface area contributed by atoms with Gasteiger partial charge >= 0.3 is 0 Å². The van der Waals surface area contributed by atoms with Gasteiger partial charge in [-0.2, -0.15) is 0 Å². The van der Waals surface area contributed by atoms with Crippen LogP contribution in [0.1, 0.15) is 316 Å². The molecule has 0 radical (unpaired) electrons. The van der Waals surface area contributed by atoms with Crippen LogP contribution in [0.25, 0.3) is 261 Å². The zero-order valence-electron chi connectivity index (χ0n) is 92.8. The molecule has 0 N–H and O–H groups in total. The van der Waals surface area contributed by atoms with Crippen molar-refractivity contribution in [3.05, 3.63) is 285 Å². The van der Waals surface area contributed by atoms with E-state index in [0.29, 0.717) is 0 Å². The predicted molar refractivity (Wildman–Crippen MR) is 639 cm³/mol. The summed E-state index contributed by atoms with van der Waals surface area (Å²) in [5.41, 5.74) is 28.9. The van der Waals surface area contributed by atoms with E-state index in [-0.39, 0.29) is 65.0 Å². The highest BCUT2D eigenvalue weighted by Gasteiger charge is 2.44. The standard InChI is InChI=1S/C144H144/c1-133(2,3)79-55-73(56-80(67-79)134(4,5)6)103-106(76-61-85(139(19,20)21)70-86(62-76)140(22,23)24)115-100-52-49-98-92-44-38-41-47-95(92)110-105(75-59-83(137(13,14)15)69-84(60-75)138(16,17)18)108(78-65-89(143(31,32)33)72-90(66-78)144(34,35)36)117-102-54-51-99-93-45-39-42-48-96(93)111-104(74-57-81(135(7,8)9)68-82(58-74)136(10,11)12)107(77-63-87(141(25,26)27)71-88(64-77)142(28,29)30)116-101-53-50-97-91-43-37-40-46-94(91)109(103)121-112(97)119(101)128-130(124(115)121)127-118(100)113(98)122(110)126(117)131(127)129-120(102)114(99)123(111)125(116)132(128)129/h37-72H,1-36H3. The van der Waals surface area contributed by atoms with Crippen molar-refractivity contribution in [3.8, 4) is 66.8 Å². The third-order valence-electron chi connectivity index (χ3n) is 34.9. The molecule has 720 valence electrons. The molecule has 0 aliphatic carbocycles. The highest BCUT2D eigenvalue weighted by atomic mass is 14.5. The van der Waals surface area contributed by atoms with Gasteiger partial charge in [-0.1, -0.05) is 468 Å². The first-order valence-electron chi connectivity index (χ1n) is 53.9. The van der Waals surface area contributed by atoms with Crippen molar-refractivity contribution in [2.45, 2.75) is 314 Å². The maximum absolute atomic E-state index is 2.70. The number of fused-ring (bicyclic) bond motifs is 12. The molecule has 0 aliphatic heterocycles. The van der Waals surface area contributed by atoms with Crippen LogP contribution in [0.15, 0.2) is 218 Å². The Morgan fingerprint density at radius 1 is 0.0972 bits per heavy atom. The molecule has 0 fully saturated rings. The summed E-state index contributed by atoms with van der Waals surface area (Å²) in [5, 5.41) is 48.5. The summed E-state index contributed by atoms with van der Waals surface area (Å²) >= 11 is 0. The minimum Gasteiger partial charge on any atom is -0.0616 e. The van der Waals surface area contributed by atoms with Crippen molar-refractivity contribution in [2.24, 2.45) is 0 Å². The second-order valence-electron chi connectivity index (χ2n) is 57.2. The summed E-state index contributed by atoms with van der Waals surface area (Å²) in [6.45, 7) is 88.4. The van der Waals surface area contributed by atoms with E-state index in [9.17, 15) is 0 Å². The molecule has 0 saturated heterocycles. The molecular weight excluding hydrogens is 1730 g/mol. The lowest BCUT2D eigenvalue weighted by atomic mass is 9.66. The molecule has 0 nitrogen and oxygen atoms in total. The Morgan fingerprint density at radius 3 is 0.354 bits per heavy atom. The number of hydrogen-bond donors (Lipinski definition) is 0. The van der Waals surface area contributed by atoms with Crippen LogP contribution in [0.4, 0.5) is 0 Å². The first-order valence-corrected chi connectivity index (χ1v) is 53.9. The first kappa shape index (κ1) is 92.6. The molecule has 0 saturated carbocycles. The minimum absolute atomic E-state index is 0.222. The van der Waals surface area contributed by atoms with Crippen LogP contribution >= 0.6 is 0 Å². The second-order valence-corrected chi connectivity index (χ2v) is 57.2. The van der Waals surface area contributed by atoms with Gasteiger partial charge in [0.2, 0.25) is 0 Å². The predicted octanol–water partition coefficient (Wildman–Crippen LogP) is 43.0. The third-order valence-corrected chi connectivity index (χ3v) is 34.9. The molecule has 0 aromatic heterocycles. The SMILES string of the molecule is CC(C)(C)c1cc(-c2c(-c3cc(C(C)(C)C)cc(C(C)(C)C)c3)c3c4ccc5c6ccccc6c6c(-c7cc(C(C)(C)C)cc(C(C)(C)C)c7)c(-c7cc(C(C)(C)C)cc(C(C)(C)C)c7)c7c8ccc9c%10ccccc%10c%10c(-c%11cc(C(C)(C)C)cc(C(C)(C)C)c%11)c(-c%11cc(C(C)(C)C)cc(C(C)(C)C)c%11)c%11c%12ccc%13c%14ccccc%14c2c2c%13c%12c%12c(c32)c2c4c5c6c7c2c2c8c9c%10c%11c%122)cc(C(C)(C)C)c1. The molecular formula is C144H144. The fourth-order valence-corrected chi connectivity index (χ4v) is 26.6. The molecule has 0 bridgehead atoms. The van der Waals surface area contributed by atoms with Gasteiger partial charge in [-0.25, -0.2) is 0 Å². The maximum Gasteiger partial charge on any atom is -0.00000113 e. The van der Waals surface area contributed by atoms with E-state index in [1.807, 2.05) is 0 Å². The van der Waals surface area contributed by atoms with Crippen molar-refractivity contribution in [1.29, 1.82) is 0 Å². The van der Waals surface area contributed by atoms with Crippen LogP contribution in [-0.4, -0.2) is 0 Å². The third kappa shape index (κ3) is 12.9. The molecule has 0 atom stereocenters. The molecule has 25 aromatic rings. The summed E-state index contributed by atoms with van der Waals surface area (Å²) in [5.74, 6) is 0. The summed E-state index contributed by atoms with van der Waals surface area (Å²) in [6, 6.07) is 93.1. The van der Waals surface area contributed by atoms with Crippen molar-refractivity contribution in [2.75, 3.05) is 0 Å². The average molecular weight is 1870 g/mol. The number of rotatable bonds is 6. The lowest BCUT2D eigenvalue weighted by Gasteiger charge is -2.35. The van der Waals surface area contributed by atoms with Gasteiger partial charge < -0.3 is 0 Å². The highest BCUT2D eigenvalue weighted by Crippen LogP contribution is 2.70. The topological polar surface area (TPSA) is 0 Å². The fourth-order valence-electron chi connectivity index (χ4n) is 26.6. The van der Waals surface area contributed by atoms with Crippen LogP contribution in [0.2, 0.25) is 0 Å². The first-order chi connectivity index (χ1) is 67.1. The Bertz CT molecular complexity index is 8670. The number of benzene rings is 25. The van der Waals surface area contributed by atoms with Crippen LogP contribution < -0.4 is 0 Å². The van der Waals surface area contributed by atoms with Gasteiger partial charge in [0, 0.05) is 0 Å². The Labute approximate surface area is 853 Å². The van der Waals surface area contributed by atoms with Crippen molar-refractivity contribution in [1.82, 2.24) is 0 Å². The summed E-state index contributed by atoms with van der Waals surface area (Å²) in [4.78, 5) is 0. The zero-order valence-corrected chi connectivity index (χ0v) is 92.8. The van der Waals surface area contributed by atoms with Gasteiger partial charge in [0.05, 0.1) is 0 Å². The van der Waals surface area contributed by atoms with Gasteiger partial charge in [-0.15, -0.1) is 0 Å². The summed E-state index contributed by atoms with van der Waals surface area (Å²) in [7, 11) is 0. The molecule has 0 amide bonds. The summed E-state index contributed by atoms with van der Waals surface area (Å²) < 4.78 is 0. The highest BCUT2D eigenvalue weighted by molar-refractivity contribution is 6.68. The quantitative estimate of drug-likeness (QED) is 0.115. The average Bonchev–Trinajstić information content (AvgIpc) is 0.621. The van der Waals surface area contributed by atoms with E-state index in [1.54, 1.807) is 0 Å². The largest absolute Gasteiger partial charge is 0.0616 e. The van der Waals surface area contributed by atoms with Crippen LogP contribution in [0, 0.1) is 0 Å². The van der Waals surface area contributed by atoms with Crippen molar-refractivity contribution >= 4 is 194 Å². The van der Waals surface area contributed by atoms with E-state index in [2.05, 4.69) is 468 Å². The molecule has 25 aromatic carbocycles. The monoisotopic (exact) mass is 1870 g/mol. The smallest absolute Gasteiger partial charge is 0.00000113 e. The van der Waals surface area contributed by atoms with Gasteiger partial charge in [0.25, 0.3) is 0 Å². The molecule has 0 spiro atoms. The van der Waals surface area contributed by atoms with Crippen LogP contribution in [0.3, 0.4) is 0 Å². The van der Waals surface area contributed by atoms with Crippen molar-refractivity contribution < 1.29 is 0 Å². The summed E-state index contributed by atoms with van der Waals surface area (Å²) in [6.07, 6.45) is 0. The lowest BCUT2D eigenvalue weighted by Crippen LogP contribution is -2.17. The Hall–Kier alpha value is -12.5. The molecule has 25 rings (SSSR count). The van der Waals surface area contributed by atoms with Gasteiger partial charge in [0.1, 0.15) is 0 Å². The van der Waals surface area contributed by atoms with Gasteiger partial charge in [0.15, 0.2) is 0 Å². The number of hydrogen-bond acceptors (Lipinski definition) is 0. The molecule has 0 heterocycles. The zero-order chi connectivity index (χ0) is 102. The van der Waals surface area contributed by atoms with Gasteiger partial charge in [-0.3, -0.25) is 0 Å². The second kappa shape index (κ2) is 28.8. The Balaban J connectivity index is 1.11. The van der Waals surface area contributed by atoms with E-state index < -0.39 is 0 Å². The van der Waals surface area contributed by atoms with E-state index in [0.717, 1.165) is 0 Å². The minimum atomic E-state index is -0.230. The molecule has 144 heavy (non-hydrogen) atoms. The molecule has 0 unspecified atom stereocenters. The van der Waals surface area contributed by atoms with Crippen molar-refractivity contribution in [3.63, 3.8) is 0 Å². The normalized spacial score (nSPS) is 14.2. The molecule has 0 aliphatic rings. The van der Waals surface area contributed by atoms with E-state index in [4.69, 9.17) is 0 Å². The fraction of sp³-hybridized carbons (Fsp3) is 0.333. The Morgan fingerprint density at radius 2 is 0.201 bits per heavy atom.